The van der Waals surface area contributed by atoms with E-state index in [1.54, 1.807) is 31.1 Å². The molecular formula is C18H29N21. The highest BCUT2D eigenvalue weighted by Crippen LogP contribution is 1.89. The Hall–Kier alpha value is -6.54. The van der Waals surface area contributed by atoms with E-state index in [0.717, 1.165) is 4.79 Å². The third-order valence-electron chi connectivity index (χ3n) is 3.03. The third kappa shape index (κ3) is 20.5. The second-order valence-electron chi connectivity index (χ2n) is 5.89. The van der Waals surface area contributed by atoms with E-state index >= 15 is 0 Å². The number of H-pyrrole nitrogens is 6. The second kappa shape index (κ2) is 22.0. The lowest BCUT2D eigenvalue weighted by Gasteiger charge is -1.76. The van der Waals surface area contributed by atoms with Crippen molar-refractivity contribution in [3.05, 3.63) is 93.3 Å². The minimum Gasteiger partial charge on any atom is -0.368 e. The predicted octanol–water partition coefficient (Wildman–Crippen LogP) is -1.01. The van der Waals surface area contributed by atoms with Crippen LogP contribution in [0, 0.1) is 0 Å². The molecule has 0 atom stereocenters. The quantitative estimate of drug-likeness (QED) is 0.103. The molecule has 0 saturated carbocycles. The number of hydrogen-bond acceptors (Lipinski definition) is 14. The lowest BCUT2D eigenvalue weighted by Crippen LogP contribution is -2.06. The Bertz CT molecular complexity index is 1050. The molecule has 7 aromatic heterocycles. The molecular weight excluding hydrogens is 510 g/mol. The Morgan fingerprint density at radius 1 is 0.667 bits per heavy atom. The molecule has 0 unspecified atom stereocenters. The van der Waals surface area contributed by atoms with Crippen molar-refractivity contribution in [1.29, 1.82) is 0 Å². The van der Waals surface area contributed by atoms with Crippen molar-refractivity contribution in [2.75, 3.05) is 23.0 Å². The first-order valence-electron chi connectivity index (χ1n) is 10.4. The summed E-state index contributed by atoms with van der Waals surface area (Å²) in [5.74, 6) is 5.80. The summed E-state index contributed by atoms with van der Waals surface area (Å²) >= 11 is 0. The molecule has 0 spiro atoms. The van der Waals surface area contributed by atoms with Crippen molar-refractivity contribution in [2.45, 2.75) is 0 Å². The normalized spacial score (nSPS) is 8.41. The second-order valence-corrected chi connectivity index (χ2v) is 5.89. The smallest absolute Gasteiger partial charge is 0.241 e. The van der Waals surface area contributed by atoms with E-state index in [2.05, 4.69) is 80.8 Å². The molecule has 0 bridgehead atoms. The minimum atomic E-state index is 0.178. The molecule has 7 aromatic rings. The van der Waals surface area contributed by atoms with Gasteiger partial charge < -0.3 is 33.0 Å². The van der Waals surface area contributed by atoms with E-state index in [4.69, 9.17) is 23.0 Å². The molecule has 0 aliphatic rings. The number of nitrogen functional groups attached to an aromatic ring is 4. The van der Waals surface area contributed by atoms with Crippen molar-refractivity contribution in [3.8, 4) is 0 Å². The molecule has 0 aliphatic carbocycles. The highest BCUT2D eigenvalue weighted by atomic mass is 15.5. The fraction of sp³-hybridized carbons (Fsp3) is 0. The predicted molar refractivity (Wildman–Crippen MR) is 141 cm³/mol. The van der Waals surface area contributed by atoms with Crippen LogP contribution < -0.4 is 23.0 Å². The third-order valence-corrected chi connectivity index (χ3v) is 3.03. The number of anilines is 3. The Kier molecular flexibility index (Phi) is 17.2. The standard InChI is InChI=1S/C4H5N.2C3H4N2.C2H5N5.2C2H4N4.C2H3N3/c1-2-4-5-3-1;1-2-5-3-4-1;1-2-4-5-3-1;3-1-5-2(4)7-6-1;3-6-2-4-1-5-6;3-2-4-1-5-6-2;1-3-2-5-4-1/h1-5H;2*1-3H,(H,4,5);(H5,3,4,5,6,7);1-2H,3H2;1H,(H3,3,4,5,6);1-2H,(H,3,4,5). The zero-order chi connectivity index (χ0) is 28.2. The van der Waals surface area contributed by atoms with Crippen LogP contribution in [0.5, 0.6) is 0 Å². The number of hydrogen-bond donors (Lipinski definition) is 10. The maximum absolute atomic E-state index is 5.07. The van der Waals surface area contributed by atoms with Gasteiger partial charge in [-0.05, 0) is 18.2 Å². The zero-order valence-electron chi connectivity index (χ0n) is 20.4. The van der Waals surface area contributed by atoms with Crippen LogP contribution in [0.4, 0.5) is 17.8 Å². The van der Waals surface area contributed by atoms with Crippen LogP contribution in [0.1, 0.15) is 0 Å². The van der Waals surface area contributed by atoms with E-state index < -0.39 is 0 Å². The van der Waals surface area contributed by atoms with Gasteiger partial charge in [0.2, 0.25) is 17.8 Å². The number of nitrogens with two attached hydrogens (primary N) is 4. The zero-order valence-corrected chi connectivity index (χ0v) is 20.4. The first kappa shape index (κ1) is 30.5. The maximum Gasteiger partial charge on any atom is 0.241 e. The van der Waals surface area contributed by atoms with Crippen LogP contribution in [0.2, 0.25) is 0 Å². The minimum absolute atomic E-state index is 0.178. The van der Waals surface area contributed by atoms with E-state index in [9.17, 15) is 0 Å². The molecule has 0 aliphatic heterocycles. The number of imidazole rings is 1. The van der Waals surface area contributed by atoms with Crippen LogP contribution in [0.15, 0.2) is 93.3 Å². The molecule has 7 rings (SSSR count). The van der Waals surface area contributed by atoms with Gasteiger partial charge in [0.1, 0.15) is 31.6 Å². The topological polar surface area (TPSA) is 333 Å². The summed E-state index contributed by atoms with van der Waals surface area (Å²) < 4.78 is 0. The molecule has 39 heavy (non-hydrogen) atoms. The van der Waals surface area contributed by atoms with Gasteiger partial charge in [0.15, 0.2) is 0 Å². The first-order chi connectivity index (χ1) is 19.1. The lowest BCUT2D eigenvalue weighted by atomic mass is 10.7. The average Bonchev–Trinajstić information content (AvgIpc) is 3.81. The summed E-state index contributed by atoms with van der Waals surface area (Å²) in [4.78, 5) is 24.5. The van der Waals surface area contributed by atoms with Crippen LogP contribution in [-0.2, 0) is 0 Å². The van der Waals surface area contributed by atoms with Gasteiger partial charge in [-0.2, -0.15) is 25.1 Å². The van der Waals surface area contributed by atoms with Crippen LogP contribution in [0.3, 0.4) is 0 Å². The van der Waals surface area contributed by atoms with Crippen molar-refractivity contribution in [2.24, 2.45) is 0 Å². The van der Waals surface area contributed by atoms with Gasteiger partial charge in [0.05, 0.1) is 6.33 Å². The van der Waals surface area contributed by atoms with Gasteiger partial charge in [-0.15, -0.1) is 10.2 Å². The molecule has 0 saturated heterocycles. The van der Waals surface area contributed by atoms with Gasteiger partial charge in [0, 0.05) is 37.2 Å². The number of rotatable bonds is 0. The van der Waals surface area contributed by atoms with Gasteiger partial charge in [-0.25, -0.2) is 30.1 Å². The molecule has 206 valence electrons. The van der Waals surface area contributed by atoms with Gasteiger partial charge in [0.25, 0.3) is 0 Å². The Labute approximate surface area is 220 Å². The highest BCUT2D eigenvalue weighted by Gasteiger charge is 1.87. The number of aromatic amines is 6. The van der Waals surface area contributed by atoms with Crippen molar-refractivity contribution >= 4 is 17.8 Å². The SMILES string of the molecule is Nc1n[nH]c(N)n1.Nc1ncn[nH]1.Nn1cncn1.c1c[nH]cn1.c1cc[nH]c1.c1cn[nH]c1.c1nc[nH]n1. The lowest BCUT2D eigenvalue weighted by molar-refractivity contribution is 0.830. The monoisotopic (exact) mass is 539 g/mol. The molecule has 0 aromatic carbocycles. The first-order valence-corrected chi connectivity index (χ1v) is 10.4. The molecule has 0 fully saturated rings. The van der Waals surface area contributed by atoms with Gasteiger partial charge in [-0.1, -0.05) is 0 Å². The molecule has 0 amide bonds. The number of aromatic nitrogens is 17. The largest absolute Gasteiger partial charge is 0.368 e. The van der Waals surface area contributed by atoms with E-state index in [1.165, 1.54) is 31.6 Å². The Balaban J connectivity index is 0.000000228. The van der Waals surface area contributed by atoms with Crippen molar-refractivity contribution < 1.29 is 0 Å². The van der Waals surface area contributed by atoms with Gasteiger partial charge >= 0.3 is 0 Å². The fourth-order valence-electron chi connectivity index (χ4n) is 1.60. The summed E-state index contributed by atoms with van der Waals surface area (Å²) in [5, 5.41) is 27.4. The van der Waals surface area contributed by atoms with E-state index in [1.807, 2.05) is 30.6 Å². The summed E-state index contributed by atoms with van der Waals surface area (Å²) in [5.41, 5.74) is 15.2. The average molecular weight is 540 g/mol. The molecule has 21 heteroatoms. The number of nitrogens with one attached hydrogen (secondary N) is 6. The summed E-state index contributed by atoms with van der Waals surface area (Å²) in [6.07, 6.45) is 19.4. The van der Waals surface area contributed by atoms with E-state index in [-0.39, 0.29) is 11.9 Å². The van der Waals surface area contributed by atoms with E-state index in [0.29, 0.717) is 5.95 Å². The molecule has 14 N–H and O–H groups in total. The maximum atomic E-state index is 5.07. The van der Waals surface area contributed by atoms with Crippen LogP contribution >= 0.6 is 0 Å². The van der Waals surface area contributed by atoms with Crippen molar-refractivity contribution in [1.82, 2.24) is 85.6 Å². The summed E-state index contributed by atoms with van der Waals surface area (Å²) in [6.45, 7) is 0. The summed E-state index contributed by atoms with van der Waals surface area (Å²) in [7, 11) is 0. The highest BCUT2D eigenvalue weighted by molar-refractivity contribution is 5.23. The molecule has 7 heterocycles. The molecule has 21 nitrogen and oxygen atoms in total. The Morgan fingerprint density at radius 3 is 1.69 bits per heavy atom. The fourth-order valence-corrected chi connectivity index (χ4v) is 1.60. The summed E-state index contributed by atoms with van der Waals surface area (Å²) in [6, 6.07) is 5.72. The van der Waals surface area contributed by atoms with Crippen LogP contribution in [-0.4, -0.2) is 85.6 Å². The molecule has 0 radical (unpaired) electrons. The van der Waals surface area contributed by atoms with Gasteiger partial charge in [-0.3, -0.25) is 10.2 Å². The Morgan fingerprint density at radius 2 is 1.51 bits per heavy atom. The van der Waals surface area contributed by atoms with Crippen molar-refractivity contribution in [3.63, 3.8) is 0 Å². The number of nitrogens with zero attached hydrogens (tertiary/aromatic N) is 11. The van der Waals surface area contributed by atoms with Crippen LogP contribution in [0.25, 0.3) is 0 Å².